The van der Waals surface area contributed by atoms with E-state index in [1.807, 2.05) is 0 Å². The summed E-state index contributed by atoms with van der Waals surface area (Å²) >= 11 is 0. The average Bonchev–Trinajstić information content (AvgIpc) is 2.45. The van der Waals surface area contributed by atoms with E-state index in [0.717, 1.165) is 11.8 Å². The molecule has 1 aliphatic heterocycles. The van der Waals surface area contributed by atoms with Crippen molar-refractivity contribution in [2.24, 2.45) is 11.8 Å². The molecule has 2 atom stereocenters. The minimum atomic E-state index is 0.918. The molecular weight excluding hydrogens is 244 g/mol. The highest BCUT2D eigenvalue weighted by Gasteiger charge is 2.20. The van der Waals surface area contributed by atoms with Gasteiger partial charge in [-0.15, -0.1) is 0 Å². The summed E-state index contributed by atoms with van der Waals surface area (Å²) in [7, 11) is 0. The van der Waals surface area contributed by atoms with Gasteiger partial charge < -0.3 is 9.80 Å². The molecule has 1 saturated heterocycles. The first kappa shape index (κ1) is 18.0. The van der Waals surface area contributed by atoms with E-state index in [9.17, 15) is 0 Å². The monoisotopic (exact) mass is 282 g/mol. The lowest BCUT2D eigenvalue weighted by Gasteiger charge is -2.35. The van der Waals surface area contributed by atoms with Crippen LogP contribution in [0.25, 0.3) is 0 Å². The summed E-state index contributed by atoms with van der Waals surface area (Å²) in [6.45, 7) is 17.2. The number of piperazine rings is 1. The zero-order chi connectivity index (χ0) is 14.8. The van der Waals surface area contributed by atoms with E-state index in [2.05, 4.69) is 37.5 Å². The summed E-state index contributed by atoms with van der Waals surface area (Å²) < 4.78 is 0. The first-order valence-electron chi connectivity index (χ1n) is 9.15. The highest BCUT2D eigenvalue weighted by Crippen LogP contribution is 2.25. The van der Waals surface area contributed by atoms with E-state index in [1.54, 1.807) is 0 Å². The van der Waals surface area contributed by atoms with E-state index in [0.29, 0.717) is 0 Å². The molecule has 1 rings (SSSR count). The Bertz CT molecular complexity index is 221. The van der Waals surface area contributed by atoms with E-state index in [-0.39, 0.29) is 0 Å². The van der Waals surface area contributed by atoms with Crippen molar-refractivity contribution in [2.45, 2.75) is 66.2 Å². The lowest BCUT2D eigenvalue weighted by atomic mass is 9.84. The molecule has 0 amide bonds. The normalized spacial score (nSPS) is 21.0. The topological polar surface area (TPSA) is 6.48 Å². The zero-order valence-corrected chi connectivity index (χ0v) is 14.5. The van der Waals surface area contributed by atoms with Crippen LogP contribution in [-0.4, -0.2) is 49.1 Å². The van der Waals surface area contributed by atoms with Crippen LogP contribution >= 0.6 is 0 Å². The third kappa shape index (κ3) is 6.58. The second kappa shape index (κ2) is 10.6. The standard InChI is InChI=1S/C18H38N2/c1-5-8-17(4)18(9-6-2)10-12-20-15-13-19(11-7-3)14-16-20/h17-18H,5-16H2,1-4H3. The second-order valence-corrected chi connectivity index (χ2v) is 6.79. The summed E-state index contributed by atoms with van der Waals surface area (Å²) in [5.41, 5.74) is 0. The van der Waals surface area contributed by atoms with Gasteiger partial charge in [0.25, 0.3) is 0 Å². The number of hydrogen-bond donors (Lipinski definition) is 0. The van der Waals surface area contributed by atoms with Crippen molar-refractivity contribution in [3.63, 3.8) is 0 Å². The molecule has 20 heavy (non-hydrogen) atoms. The molecule has 0 aliphatic carbocycles. The lowest BCUT2D eigenvalue weighted by Crippen LogP contribution is -2.47. The summed E-state index contributed by atoms with van der Waals surface area (Å²) in [5, 5.41) is 0. The Balaban J connectivity index is 2.26. The van der Waals surface area contributed by atoms with Crippen molar-refractivity contribution in [3.8, 4) is 0 Å². The van der Waals surface area contributed by atoms with E-state index >= 15 is 0 Å². The van der Waals surface area contributed by atoms with Gasteiger partial charge in [-0.1, -0.05) is 53.4 Å². The SMILES string of the molecule is CCCC(C)C(CCC)CCN1CCN(CCC)CC1. The molecule has 2 unspecified atom stereocenters. The molecule has 0 saturated carbocycles. The zero-order valence-electron chi connectivity index (χ0n) is 14.5. The maximum absolute atomic E-state index is 2.70. The molecular formula is C18H38N2. The minimum absolute atomic E-state index is 0.918. The van der Waals surface area contributed by atoms with Crippen LogP contribution in [0.2, 0.25) is 0 Å². The third-order valence-electron chi connectivity index (χ3n) is 5.03. The third-order valence-corrected chi connectivity index (χ3v) is 5.03. The van der Waals surface area contributed by atoms with Gasteiger partial charge in [0, 0.05) is 26.2 Å². The van der Waals surface area contributed by atoms with Gasteiger partial charge in [-0.05, 0) is 37.8 Å². The molecule has 0 aromatic heterocycles. The molecule has 2 heteroatoms. The van der Waals surface area contributed by atoms with Gasteiger partial charge in [0.1, 0.15) is 0 Å². The Labute approximate surface area is 127 Å². The van der Waals surface area contributed by atoms with Gasteiger partial charge >= 0.3 is 0 Å². The summed E-state index contributed by atoms with van der Waals surface area (Å²) in [4.78, 5) is 5.33. The van der Waals surface area contributed by atoms with Gasteiger partial charge in [0.05, 0.1) is 0 Å². The van der Waals surface area contributed by atoms with Crippen LogP contribution in [0.1, 0.15) is 66.2 Å². The van der Waals surface area contributed by atoms with Crippen LogP contribution in [0.5, 0.6) is 0 Å². The fourth-order valence-electron chi connectivity index (χ4n) is 3.68. The van der Waals surface area contributed by atoms with Crippen LogP contribution < -0.4 is 0 Å². The molecule has 0 radical (unpaired) electrons. The Kier molecular flexibility index (Phi) is 9.54. The van der Waals surface area contributed by atoms with E-state index in [4.69, 9.17) is 0 Å². The smallest absolute Gasteiger partial charge is 0.0110 e. The van der Waals surface area contributed by atoms with Crippen molar-refractivity contribution < 1.29 is 0 Å². The number of rotatable bonds is 10. The molecule has 0 aromatic carbocycles. The number of nitrogens with zero attached hydrogens (tertiary/aromatic N) is 2. The van der Waals surface area contributed by atoms with Gasteiger partial charge in [-0.2, -0.15) is 0 Å². The maximum Gasteiger partial charge on any atom is 0.0110 e. The predicted molar refractivity (Wildman–Crippen MR) is 90.3 cm³/mol. The summed E-state index contributed by atoms with van der Waals surface area (Å²) in [5.74, 6) is 1.87. The molecule has 1 heterocycles. The summed E-state index contributed by atoms with van der Waals surface area (Å²) in [6, 6.07) is 0. The molecule has 0 aromatic rings. The first-order valence-corrected chi connectivity index (χ1v) is 9.15. The van der Waals surface area contributed by atoms with Gasteiger partial charge in [0.2, 0.25) is 0 Å². The molecule has 1 fully saturated rings. The Morgan fingerprint density at radius 2 is 1.25 bits per heavy atom. The van der Waals surface area contributed by atoms with Crippen molar-refractivity contribution in [3.05, 3.63) is 0 Å². The second-order valence-electron chi connectivity index (χ2n) is 6.79. The molecule has 0 spiro atoms. The maximum atomic E-state index is 2.70. The minimum Gasteiger partial charge on any atom is -0.301 e. The van der Waals surface area contributed by atoms with Gasteiger partial charge in [0.15, 0.2) is 0 Å². The first-order chi connectivity index (χ1) is 9.71. The Hall–Kier alpha value is -0.0800. The van der Waals surface area contributed by atoms with Crippen LogP contribution in [-0.2, 0) is 0 Å². The van der Waals surface area contributed by atoms with Crippen molar-refractivity contribution in [2.75, 3.05) is 39.3 Å². The predicted octanol–water partition coefficient (Wildman–Crippen LogP) is 4.26. The highest BCUT2D eigenvalue weighted by molar-refractivity contribution is 4.74. The molecule has 120 valence electrons. The fourth-order valence-corrected chi connectivity index (χ4v) is 3.68. The lowest BCUT2D eigenvalue weighted by molar-refractivity contribution is 0.121. The van der Waals surface area contributed by atoms with Gasteiger partial charge in [-0.3, -0.25) is 0 Å². The van der Waals surface area contributed by atoms with Crippen LogP contribution in [0.3, 0.4) is 0 Å². The van der Waals surface area contributed by atoms with Crippen molar-refractivity contribution in [1.82, 2.24) is 9.80 Å². The van der Waals surface area contributed by atoms with Crippen LogP contribution in [0.4, 0.5) is 0 Å². The summed E-state index contributed by atoms with van der Waals surface area (Å²) in [6.07, 6.45) is 8.25. The Morgan fingerprint density at radius 1 is 0.700 bits per heavy atom. The van der Waals surface area contributed by atoms with Crippen LogP contribution in [0, 0.1) is 11.8 Å². The quantitative estimate of drug-likeness (QED) is 0.591. The molecule has 0 N–H and O–H groups in total. The average molecular weight is 283 g/mol. The van der Waals surface area contributed by atoms with Gasteiger partial charge in [-0.25, -0.2) is 0 Å². The highest BCUT2D eigenvalue weighted by atomic mass is 15.3. The Morgan fingerprint density at radius 3 is 1.75 bits per heavy atom. The fraction of sp³-hybridized carbons (Fsp3) is 1.00. The van der Waals surface area contributed by atoms with Crippen molar-refractivity contribution >= 4 is 0 Å². The largest absolute Gasteiger partial charge is 0.301 e. The van der Waals surface area contributed by atoms with E-state index in [1.165, 1.54) is 77.8 Å². The molecule has 0 bridgehead atoms. The molecule has 1 aliphatic rings. The molecule has 2 nitrogen and oxygen atoms in total. The number of hydrogen-bond acceptors (Lipinski definition) is 2. The van der Waals surface area contributed by atoms with Crippen molar-refractivity contribution in [1.29, 1.82) is 0 Å². The van der Waals surface area contributed by atoms with Crippen LogP contribution in [0.15, 0.2) is 0 Å². The van der Waals surface area contributed by atoms with E-state index < -0.39 is 0 Å².